The van der Waals surface area contributed by atoms with Crippen molar-refractivity contribution in [2.24, 2.45) is 17.0 Å². The van der Waals surface area contributed by atoms with Gasteiger partial charge in [0.25, 0.3) is 0 Å². The average molecular weight is 283 g/mol. The van der Waals surface area contributed by atoms with Crippen LogP contribution >= 0.6 is 0 Å². The van der Waals surface area contributed by atoms with Crippen LogP contribution in [0.4, 0.5) is 0 Å². The molecule has 0 bridgehead atoms. The lowest BCUT2D eigenvalue weighted by molar-refractivity contribution is 0.898. The molecule has 0 aliphatic heterocycles. The van der Waals surface area contributed by atoms with Crippen LogP contribution in [0.1, 0.15) is 39.1 Å². The van der Waals surface area contributed by atoms with Crippen molar-refractivity contribution in [3.63, 3.8) is 0 Å². The SMILES string of the molecule is C=C/C(C)=C/N=C(C)c1ccc(C(C)=NC/C=C\C)n1C. The fraction of sp³-hybridized carbons (Fsp3) is 0.333. The Labute approximate surface area is 128 Å². The number of aliphatic imine (C=N–C) groups is 2. The molecule has 0 N–H and O–H groups in total. The molecular formula is C18H25N3. The molecule has 0 saturated heterocycles. The van der Waals surface area contributed by atoms with Gasteiger partial charge in [0.2, 0.25) is 0 Å². The first-order valence-electron chi connectivity index (χ1n) is 7.13. The lowest BCUT2D eigenvalue weighted by Crippen LogP contribution is -2.09. The van der Waals surface area contributed by atoms with Crippen LogP contribution < -0.4 is 0 Å². The van der Waals surface area contributed by atoms with Gasteiger partial charge in [0.1, 0.15) is 0 Å². The predicted octanol–water partition coefficient (Wildman–Crippen LogP) is 4.31. The van der Waals surface area contributed by atoms with Crippen molar-refractivity contribution in [1.82, 2.24) is 4.57 Å². The summed E-state index contributed by atoms with van der Waals surface area (Å²) in [6.45, 7) is 12.5. The van der Waals surface area contributed by atoms with E-state index in [1.807, 2.05) is 53.1 Å². The molecule has 0 aromatic carbocycles. The summed E-state index contributed by atoms with van der Waals surface area (Å²) in [6.07, 6.45) is 7.69. The van der Waals surface area contributed by atoms with Gasteiger partial charge in [-0.3, -0.25) is 9.98 Å². The molecule has 1 aromatic heterocycles. The highest BCUT2D eigenvalue weighted by molar-refractivity contribution is 6.02. The van der Waals surface area contributed by atoms with Crippen LogP contribution in [-0.2, 0) is 7.05 Å². The molecule has 0 atom stereocenters. The molecule has 0 radical (unpaired) electrons. The molecule has 1 heterocycles. The maximum atomic E-state index is 4.55. The molecule has 1 aromatic rings. The molecule has 0 aliphatic rings. The van der Waals surface area contributed by atoms with E-state index >= 15 is 0 Å². The highest BCUT2D eigenvalue weighted by Gasteiger charge is 2.08. The van der Waals surface area contributed by atoms with E-state index in [-0.39, 0.29) is 0 Å². The number of aromatic nitrogens is 1. The normalized spacial score (nSPS) is 14.0. The second-order valence-corrected chi connectivity index (χ2v) is 4.95. The maximum absolute atomic E-state index is 4.55. The van der Waals surface area contributed by atoms with E-state index in [9.17, 15) is 0 Å². The zero-order valence-electron chi connectivity index (χ0n) is 13.7. The van der Waals surface area contributed by atoms with Gasteiger partial charge in [-0.15, -0.1) is 0 Å². The molecule has 0 aliphatic carbocycles. The number of allylic oxidation sites excluding steroid dienone is 3. The van der Waals surface area contributed by atoms with Crippen molar-refractivity contribution in [2.75, 3.05) is 6.54 Å². The minimum atomic E-state index is 0.719. The first-order chi connectivity index (χ1) is 10.0. The van der Waals surface area contributed by atoms with Gasteiger partial charge in [0, 0.05) is 13.2 Å². The predicted molar refractivity (Wildman–Crippen MR) is 93.5 cm³/mol. The van der Waals surface area contributed by atoms with Crippen molar-refractivity contribution >= 4 is 11.4 Å². The Kier molecular flexibility index (Phi) is 6.60. The zero-order chi connectivity index (χ0) is 15.8. The van der Waals surface area contributed by atoms with Gasteiger partial charge in [-0.25, -0.2) is 0 Å². The van der Waals surface area contributed by atoms with Crippen molar-refractivity contribution in [1.29, 1.82) is 0 Å². The third-order valence-corrected chi connectivity index (χ3v) is 3.32. The molecule has 0 unspecified atom stereocenters. The molecule has 112 valence electrons. The molecule has 1 rings (SSSR count). The summed E-state index contributed by atoms with van der Waals surface area (Å²) in [5, 5.41) is 0. The maximum Gasteiger partial charge on any atom is 0.0625 e. The molecular weight excluding hydrogens is 258 g/mol. The minimum Gasteiger partial charge on any atom is -0.342 e. The van der Waals surface area contributed by atoms with E-state index in [0.29, 0.717) is 0 Å². The quantitative estimate of drug-likeness (QED) is 0.423. The van der Waals surface area contributed by atoms with Gasteiger partial charge in [-0.1, -0.05) is 24.8 Å². The van der Waals surface area contributed by atoms with E-state index in [2.05, 4.69) is 33.3 Å². The highest BCUT2D eigenvalue weighted by atomic mass is 15.0. The summed E-state index contributed by atoms with van der Waals surface area (Å²) >= 11 is 0. The average Bonchev–Trinajstić information content (AvgIpc) is 2.86. The zero-order valence-corrected chi connectivity index (χ0v) is 13.7. The van der Waals surface area contributed by atoms with Crippen molar-refractivity contribution in [2.45, 2.75) is 27.7 Å². The van der Waals surface area contributed by atoms with E-state index in [1.165, 1.54) is 0 Å². The fourth-order valence-corrected chi connectivity index (χ4v) is 1.93. The van der Waals surface area contributed by atoms with Gasteiger partial charge in [0.05, 0.1) is 29.4 Å². The molecule has 3 heteroatoms. The van der Waals surface area contributed by atoms with Crippen molar-refractivity contribution in [3.8, 4) is 0 Å². The van der Waals surface area contributed by atoms with Crippen LogP contribution in [0.15, 0.2) is 58.7 Å². The monoisotopic (exact) mass is 283 g/mol. The van der Waals surface area contributed by atoms with Crippen LogP contribution in [0.25, 0.3) is 0 Å². The van der Waals surface area contributed by atoms with Crippen LogP contribution in [0.3, 0.4) is 0 Å². The lowest BCUT2D eigenvalue weighted by atomic mass is 10.3. The number of nitrogens with zero attached hydrogens (tertiary/aromatic N) is 3. The van der Waals surface area contributed by atoms with E-state index in [0.717, 1.165) is 34.9 Å². The number of hydrogen-bond acceptors (Lipinski definition) is 2. The van der Waals surface area contributed by atoms with Crippen LogP contribution in [-0.4, -0.2) is 22.5 Å². The Morgan fingerprint density at radius 3 is 2.38 bits per heavy atom. The standard InChI is InChI=1S/C18H25N3/c1-7-9-12-19-15(4)17-10-11-18(21(17)6)16(5)20-13-14(3)8-2/h7-11,13H,2,12H2,1,3-6H3/b9-7-,14-13+,19-15?,20-16?. The summed E-state index contributed by atoms with van der Waals surface area (Å²) in [5.74, 6) is 0. The fourth-order valence-electron chi connectivity index (χ4n) is 1.93. The minimum absolute atomic E-state index is 0.719. The Hall–Kier alpha value is -2.16. The smallest absolute Gasteiger partial charge is 0.0625 e. The van der Waals surface area contributed by atoms with E-state index < -0.39 is 0 Å². The van der Waals surface area contributed by atoms with Gasteiger partial charge in [0.15, 0.2) is 0 Å². The van der Waals surface area contributed by atoms with Gasteiger partial charge >= 0.3 is 0 Å². The first-order valence-corrected chi connectivity index (χ1v) is 7.13. The lowest BCUT2D eigenvalue weighted by Gasteiger charge is -2.07. The van der Waals surface area contributed by atoms with Crippen LogP contribution in [0.2, 0.25) is 0 Å². The van der Waals surface area contributed by atoms with Crippen LogP contribution in [0.5, 0.6) is 0 Å². The Morgan fingerprint density at radius 2 is 1.81 bits per heavy atom. The number of rotatable bonds is 6. The number of hydrogen-bond donors (Lipinski definition) is 0. The summed E-state index contributed by atoms with van der Waals surface area (Å²) in [7, 11) is 2.04. The summed E-state index contributed by atoms with van der Waals surface area (Å²) < 4.78 is 2.13. The second kappa shape index (κ2) is 8.20. The third-order valence-electron chi connectivity index (χ3n) is 3.32. The molecule has 0 saturated carbocycles. The summed E-state index contributed by atoms with van der Waals surface area (Å²) in [4.78, 5) is 9.03. The highest BCUT2D eigenvalue weighted by Crippen LogP contribution is 2.11. The van der Waals surface area contributed by atoms with E-state index in [4.69, 9.17) is 0 Å². The molecule has 0 fully saturated rings. The molecule has 0 spiro atoms. The topological polar surface area (TPSA) is 29.6 Å². The summed E-state index contributed by atoms with van der Waals surface area (Å²) in [5.41, 5.74) is 5.28. The summed E-state index contributed by atoms with van der Waals surface area (Å²) in [6, 6.07) is 4.17. The van der Waals surface area contributed by atoms with Crippen molar-refractivity contribution < 1.29 is 0 Å². The second-order valence-electron chi connectivity index (χ2n) is 4.95. The van der Waals surface area contributed by atoms with Crippen LogP contribution in [0, 0.1) is 0 Å². The molecule has 21 heavy (non-hydrogen) atoms. The van der Waals surface area contributed by atoms with Gasteiger partial charge in [-0.05, 0) is 45.4 Å². The molecule has 0 amide bonds. The molecule has 3 nitrogen and oxygen atoms in total. The largest absolute Gasteiger partial charge is 0.342 e. The first kappa shape index (κ1) is 16.9. The van der Waals surface area contributed by atoms with Crippen molar-refractivity contribution in [3.05, 3.63) is 60.1 Å². The Balaban J connectivity index is 3.04. The van der Waals surface area contributed by atoms with Gasteiger partial charge in [-0.2, -0.15) is 0 Å². The third kappa shape index (κ3) is 4.71. The Bertz CT molecular complexity index is 610. The van der Waals surface area contributed by atoms with E-state index in [1.54, 1.807) is 6.08 Å². The van der Waals surface area contributed by atoms with Gasteiger partial charge < -0.3 is 4.57 Å². The Morgan fingerprint density at radius 1 is 1.19 bits per heavy atom.